The fraction of sp³-hybridized carbons (Fsp3) is 0.409. The largest absolute Gasteiger partial charge is 0.496 e. The van der Waals surface area contributed by atoms with Crippen molar-refractivity contribution < 1.29 is 23.7 Å². The Morgan fingerprint density at radius 1 is 1.10 bits per heavy atom. The molecular formula is C22H29ClN2O5. The first-order valence-electron chi connectivity index (χ1n) is 9.74. The lowest BCUT2D eigenvalue weighted by molar-refractivity contribution is 0.0598. The fourth-order valence-corrected chi connectivity index (χ4v) is 3.51. The summed E-state index contributed by atoms with van der Waals surface area (Å²) in [5, 5.41) is 0. The third-order valence-electron chi connectivity index (χ3n) is 4.98. The molecule has 1 amide bonds. The van der Waals surface area contributed by atoms with Crippen molar-refractivity contribution in [2.75, 3.05) is 33.9 Å². The van der Waals surface area contributed by atoms with Gasteiger partial charge in [0.1, 0.15) is 11.5 Å². The van der Waals surface area contributed by atoms with E-state index in [1.165, 1.54) is 0 Å². The Morgan fingerprint density at radius 2 is 1.83 bits per heavy atom. The predicted octanol–water partition coefficient (Wildman–Crippen LogP) is 3.63. The molecular weight excluding hydrogens is 408 g/mol. The van der Waals surface area contributed by atoms with Crippen molar-refractivity contribution in [3.05, 3.63) is 47.5 Å². The van der Waals surface area contributed by atoms with Crippen LogP contribution in [0.1, 0.15) is 29.3 Å². The van der Waals surface area contributed by atoms with E-state index in [0.29, 0.717) is 48.3 Å². The minimum absolute atomic E-state index is 0. The molecule has 3 rings (SSSR count). The molecule has 0 spiro atoms. The summed E-state index contributed by atoms with van der Waals surface area (Å²) in [6.07, 6.45) is 0.949. The molecule has 0 aliphatic carbocycles. The van der Waals surface area contributed by atoms with E-state index in [4.69, 9.17) is 24.7 Å². The van der Waals surface area contributed by atoms with Gasteiger partial charge in [-0.25, -0.2) is 0 Å². The van der Waals surface area contributed by atoms with E-state index in [9.17, 15) is 4.79 Å². The second-order valence-electron chi connectivity index (χ2n) is 6.73. The highest BCUT2D eigenvalue weighted by Gasteiger charge is 2.28. The first kappa shape index (κ1) is 23.8. The van der Waals surface area contributed by atoms with Crippen LogP contribution >= 0.6 is 12.4 Å². The number of halogens is 1. The van der Waals surface area contributed by atoms with Crippen molar-refractivity contribution in [3.8, 4) is 23.0 Å². The lowest BCUT2D eigenvalue weighted by Crippen LogP contribution is -2.30. The van der Waals surface area contributed by atoms with E-state index >= 15 is 0 Å². The molecule has 1 aliphatic heterocycles. The molecule has 1 saturated heterocycles. The van der Waals surface area contributed by atoms with Crippen molar-refractivity contribution in [1.29, 1.82) is 0 Å². The Kier molecular flexibility index (Phi) is 8.77. The Balaban J connectivity index is 0.00000320. The Labute approximate surface area is 183 Å². The molecule has 2 aromatic rings. The topological polar surface area (TPSA) is 83.2 Å². The van der Waals surface area contributed by atoms with Gasteiger partial charge in [0.2, 0.25) is 0 Å². The van der Waals surface area contributed by atoms with E-state index in [1.54, 1.807) is 32.4 Å². The summed E-state index contributed by atoms with van der Waals surface area (Å²) in [5.41, 5.74) is 7.17. The van der Waals surface area contributed by atoms with E-state index in [-0.39, 0.29) is 31.0 Å². The van der Waals surface area contributed by atoms with Gasteiger partial charge in [0.05, 0.1) is 25.9 Å². The van der Waals surface area contributed by atoms with Gasteiger partial charge >= 0.3 is 0 Å². The average Bonchev–Trinajstić information content (AvgIpc) is 3.21. The molecule has 1 fully saturated rings. The zero-order chi connectivity index (χ0) is 20.8. The number of likely N-dealkylation sites (tertiary alicyclic amines) is 1. The Morgan fingerprint density at radius 3 is 2.50 bits per heavy atom. The molecule has 2 aromatic carbocycles. The summed E-state index contributed by atoms with van der Waals surface area (Å²) >= 11 is 0. The number of carbonyl (C=O) groups excluding carboxylic acids is 1. The third-order valence-corrected chi connectivity index (χ3v) is 4.98. The van der Waals surface area contributed by atoms with Crippen LogP contribution in [0.15, 0.2) is 36.4 Å². The SMILES string of the molecule is CCOC1CCN(C(=O)c2ccc(OC)c(Oc3cccc(OC)c3CN)c2)C1.Cl. The van der Waals surface area contributed by atoms with Gasteiger partial charge in [0, 0.05) is 31.8 Å². The highest BCUT2D eigenvalue weighted by molar-refractivity contribution is 5.95. The predicted molar refractivity (Wildman–Crippen MR) is 117 cm³/mol. The molecule has 7 nitrogen and oxygen atoms in total. The zero-order valence-electron chi connectivity index (χ0n) is 17.6. The quantitative estimate of drug-likeness (QED) is 0.680. The van der Waals surface area contributed by atoms with Crippen LogP contribution in [0.3, 0.4) is 0 Å². The molecule has 0 bridgehead atoms. The summed E-state index contributed by atoms with van der Waals surface area (Å²) in [4.78, 5) is 14.8. The van der Waals surface area contributed by atoms with E-state index in [1.807, 2.05) is 30.0 Å². The average molecular weight is 437 g/mol. The number of nitrogens with two attached hydrogens (primary N) is 1. The first-order valence-corrected chi connectivity index (χ1v) is 9.74. The summed E-state index contributed by atoms with van der Waals surface area (Å²) in [6.45, 7) is 4.15. The number of rotatable bonds is 8. The number of ether oxygens (including phenoxy) is 4. The van der Waals surface area contributed by atoms with Crippen LogP contribution < -0.4 is 19.9 Å². The van der Waals surface area contributed by atoms with Gasteiger partial charge in [-0.3, -0.25) is 4.79 Å². The third kappa shape index (κ3) is 5.16. The van der Waals surface area contributed by atoms with Gasteiger partial charge in [-0.1, -0.05) is 6.07 Å². The maximum atomic E-state index is 13.0. The lowest BCUT2D eigenvalue weighted by atomic mass is 10.1. The van der Waals surface area contributed by atoms with Gasteiger partial charge < -0.3 is 29.6 Å². The van der Waals surface area contributed by atoms with Crippen molar-refractivity contribution in [1.82, 2.24) is 4.90 Å². The van der Waals surface area contributed by atoms with Gasteiger partial charge in [-0.15, -0.1) is 12.4 Å². The first-order chi connectivity index (χ1) is 14.1. The van der Waals surface area contributed by atoms with Crippen LogP contribution in [-0.4, -0.2) is 50.8 Å². The summed E-state index contributed by atoms with van der Waals surface area (Å²) in [6, 6.07) is 10.7. The van der Waals surface area contributed by atoms with E-state index < -0.39 is 0 Å². The van der Waals surface area contributed by atoms with Crippen LogP contribution in [0, 0.1) is 0 Å². The zero-order valence-corrected chi connectivity index (χ0v) is 18.4. The van der Waals surface area contributed by atoms with Crippen LogP contribution in [0.5, 0.6) is 23.0 Å². The maximum absolute atomic E-state index is 13.0. The second kappa shape index (κ2) is 11.1. The number of hydrogen-bond donors (Lipinski definition) is 1. The standard InChI is InChI=1S/C22H28N2O5.ClH/c1-4-28-16-10-11-24(14-16)22(25)15-8-9-20(27-3)21(12-15)29-19-7-5-6-18(26-2)17(19)13-23;/h5-9,12,16H,4,10-11,13-14,23H2,1-3H3;1H. The van der Waals surface area contributed by atoms with Crippen molar-refractivity contribution >= 4 is 18.3 Å². The molecule has 164 valence electrons. The summed E-state index contributed by atoms with van der Waals surface area (Å²) in [7, 11) is 3.15. The minimum Gasteiger partial charge on any atom is -0.496 e. The maximum Gasteiger partial charge on any atom is 0.254 e. The van der Waals surface area contributed by atoms with Crippen molar-refractivity contribution in [2.45, 2.75) is 26.0 Å². The Hall–Kier alpha value is -2.48. The number of nitrogens with zero attached hydrogens (tertiary/aromatic N) is 1. The van der Waals surface area contributed by atoms with Crippen LogP contribution in [0.25, 0.3) is 0 Å². The number of carbonyl (C=O) groups is 1. The normalized spacial score (nSPS) is 15.5. The van der Waals surface area contributed by atoms with Crippen molar-refractivity contribution in [3.63, 3.8) is 0 Å². The van der Waals surface area contributed by atoms with Crippen LogP contribution in [0.4, 0.5) is 0 Å². The van der Waals surface area contributed by atoms with Gasteiger partial charge in [-0.05, 0) is 43.7 Å². The number of benzene rings is 2. The van der Waals surface area contributed by atoms with Crippen LogP contribution in [0.2, 0.25) is 0 Å². The molecule has 0 aromatic heterocycles. The lowest BCUT2D eigenvalue weighted by Gasteiger charge is -2.19. The fourth-order valence-electron chi connectivity index (χ4n) is 3.51. The highest BCUT2D eigenvalue weighted by atomic mass is 35.5. The summed E-state index contributed by atoms with van der Waals surface area (Å²) < 4.78 is 22.5. The minimum atomic E-state index is -0.0515. The molecule has 1 unspecified atom stereocenters. The Bertz CT molecular complexity index is 861. The monoisotopic (exact) mass is 436 g/mol. The molecule has 8 heteroatoms. The number of methoxy groups -OCH3 is 2. The summed E-state index contributed by atoms with van der Waals surface area (Å²) in [5.74, 6) is 2.13. The van der Waals surface area contributed by atoms with E-state index in [0.717, 1.165) is 12.0 Å². The molecule has 0 radical (unpaired) electrons. The smallest absolute Gasteiger partial charge is 0.254 e. The molecule has 30 heavy (non-hydrogen) atoms. The van der Waals surface area contributed by atoms with Gasteiger partial charge in [0.25, 0.3) is 5.91 Å². The molecule has 1 heterocycles. The van der Waals surface area contributed by atoms with Gasteiger partial charge in [-0.2, -0.15) is 0 Å². The highest BCUT2D eigenvalue weighted by Crippen LogP contribution is 2.37. The number of hydrogen-bond acceptors (Lipinski definition) is 6. The van der Waals surface area contributed by atoms with E-state index in [2.05, 4.69) is 0 Å². The van der Waals surface area contributed by atoms with Crippen molar-refractivity contribution in [2.24, 2.45) is 5.73 Å². The molecule has 2 N–H and O–H groups in total. The number of amides is 1. The van der Waals surface area contributed by atoms with Crippen LogP contribution in [-0.2, 0) is 11.3 Å². The molecule has 1 atom stereocenters. The molecule has 0 saturated carbocycles. The molecule has 1 aliphatic rings. The second-order valence-corrected chi connectivity index (χ2v) is 6.73. The van der Waals surface area contributed by atoms with Gasteiger partial charge in [0.15, 0.2) is 11.5 Å².